The summed E-state index contributed by atoms with van der Waals surface area (Å²) in [5.74, 6) is -1.66. The number of benzene rings is 1. The largest absolute Gasteiger partial charge is 0.491 e. The van der Waals surface area contributed by atoms with E-state index < -0.39 is 11.6 Å². The first-order chi connectivity index (χ1) is 8.06. The topological polar surface area (TPSA) is 18.5 Å². The summed E-state index contributed by atoms with van der Waals surface area (Å²) < 4.78 is 37.1. The van der Waals surface area contributed by atoms with Crippen LogP contribution in [0.4, 0.5) is 8.78 Å². The van der Waals surface area contributed by atoms with Gasteiger partial charge in [0.1, 0.15) is 0 Å². The number of rotatable bonds is 6. The molecule has 0 amide bonds. The fourth-order valence-corrected chi connectivity index (χ4v) is 1.30. The highest BCUT2D eigenvalue weighted by molar-refractivity contribution is 5.34. The minimum Gasteiger partial charge on any atom is -0.491 e. The lowest BCUT2D eigenvalue weighted by Gasteiger charge is -2.11. The van der Waals surface area contributed by atoms with E-state index in [0.717, 1.165) is 6.42 Å². The number of hydrogen-bond acceptors (Lipinski definition) is 2. The molecule has 0 spiro atoms. The highest BCUT2D eigenvalue weighted by atomic mass is 19.2. The maximum absolute atomic E-state index is 13.5. The van der Waals surface area contributed by atoms with Crippen molar-refractivity contribution in [3.05, 3.63) is 23.8 Å². The van der Waals surface area contributed by atoms with Crippen molar-refractivity contribution in [2.75, 3.05) is 13.2 Å². The van der Waals surface area contributed by atoms with Crippen molar-refractivity contribution >= 4 is 0 Å². The van der Waals surface area contributed by atoms with Crippen molar-refractivity contribution in [3.63, 3.8) is 0 Å². The lowest BCUT2D eigenvalue weighted by atomic mass is 10.1. The van der Waals surface area contributed by atoms with Crippen molar-refractivity contribution < 1.29 is 18.3 Å². The Hall–Kier alpha value is -1.32. The lowest BCUT2D eigenvalue weighted by molar-refractivity contribution is 0.265. The molecule has 1 aromatic rings. The van der Waals surface area contributed by atoms with Gasteiger partial charge in [-0.25, -0.2) is 0 Å². The van der Waals surface area contributed by atoms with Gasteiger partial charge < -0.3 is 9.47 Å². The van der Waals surface area contributed by atoms with Crippen molar-refractivity contribution in [1.29, 1.82) is 0 Å². The second kappa shape index (κ2) is 6.42. The van der Waals surface area contributed by atoms with Gasteiger partial charge in [0, 0.05) is 0 Å². The smallest absolute Gasteiger partial charge is 0.204 e. The zero-order valence-corrected chi connectivity index (χ0v) is 10.4. The summed E-state index contributed by atoms with van der Waals surface area (Å²) in [5, 5.41) is 0. The van der Waals surface area contributed by atoms with Gasteiger partial charge in [-0.2, -0.15) is 8.78 Å². The molecule has 0 unspecified atom stereocenters. The molecule has 0 saturated heterocycles. The molecule has 0 N–H and O–H groups in total. The van der Waals surface area contributed by atoms with E-state index >= 15 is 0 Å². The van der Waals surface area contributed by atoms with E-state index in [1.807, 2.05) is 13.8 Å². The summed E-state index contributed by atoms with van der Waals surface area (Å²) in [7, 11) is 0. The molecule has 0 atom stereocenters. The maximum Gasteiger partial charge on any atom is 0.204 e. The molecule has 0 heterocycles. The monoisotopic (exact) mass is 244 g/mol. The quantitative estimate of drug-likeness (QED) is 0.758. The van der Waals surface area contributed by atoms with E-state index in [-0.39, 0.29) is 11.5 Å². The van der Waals surface area contributed by atoms with E-state index in [1.165, 1.54) is 12.1 Å². The van der Waals surface area contributed by atoms with Crippen molar-refractivity contribution in [2.45, 2.75) is 27.2 Å². The molecule has 17 heavy (non-hydrogen) atoms. The van der Waals surface area contributed by atoms with Crippen LogP contribution in [0, 0.1) is 17.6 Å². The Morgan fingerprint density at radius 3 is 2.06 bits per heavy atom. The van der Waals surface area contributed by atoms with Crippen LogP contribution in [0.5, 0.6) is 11.5 Å². The minimum absolute atomic E-state index is 0.0633. The Morgan fingerprint density at radius 1 is 1.06 bits per heavy atom. The standard InChI is InChI=1S/C13H18F2O2/c1-4-16-10-5-6-11(13(15)12(10)14)17-8-7-9(2)3/h5-6,9H,4,7-8H2,1-3H3. The molecular weight excluding hydrogens is 226 g/mol. The Balaban J connectivity index is 2.71. The van der Waals surface area contributed by atoms with Gasteiger partial charge in [-0.05, 0) is 31.4 Å². The van der Waals surface area contributed by atoms with E-state index in [0.29, 0.717) is 19.1 Å². The summed E-state index contributed by atoms with van der Waals surface area (Å²) in [6.07, 6.45) is 0.800. The number of ether oxygens (including phenoxy) is 2. The lowest BCUT2D eigenvalue weighted by Crippen LogP contribution is -2.04. The van der Waals surface area contributed by atoms with E-state index in [9.17, 15) is 8.78 Å². The molecule has 0 bridgehead atoms. The van der Waals surface area contributed by atoms with Gasteiger partial charge in [0.2, 0.25) is 11.6 Å². The Kier molecular flexibility index (Phi) is 5.19. The molecule has 0 saturated carbocycles. The van der Waals surface area contributed by atoms with E-state index in [2.05, 4.69) is 0 Å². The zero-order valence-electron chi connectivity index (χ0n) is 10.4. The van der Waals surface area contributed by atoms with Gasteiger partial charge >= 0.3 is 0 Å². The van der Waals surface area contributed by atoms with Crippen molar-refractivity contribution in [3.8, 4) is 11.5 Å². The molecule has 96 valence electrons. The third-order valence-corrected chi connectivity index (χ3v) is 2.26. The third kappa shape index (κ3) is 3.88. The molecule has 1 rings (SSSR count). The molecule has 0 aliphatic rings. The second-order valence-corrected chi connectivity index (χ2v) is 4.15. The second-order valence-electron chi connectivity index (χ2n) is 4.15. The third-order valence-electron chi connectivity index (χ3n) is 2.26. The number of halogens is 2. The summed E-state index contributed by atoms with van der Waals surface area (Å²) >= 11 is 0. The first-order valence-electron chi connectivity index (χ1n) is 5.79. The highest BCUT2D eigenvalue weighted by Gasteiger charge is 2.15. The van der Waals surface area contributed by atoms with Gasteiger partial charge in [0.05, 0.1) is 13.2 Å². The Labute approximate surface area is 101 Å². The summed E-state index contributed by atoms with van der Waals surface area (Å²) in [5.41, 5.74) is 0. The molecule has 1 aromatic carbocycles. The van der Waals surface area contributed by atoms with Crippen molar-refractivity contribution in [1.82, 2.24) is 0 Å². The molecule has 0 aromatic heterocycles. The zero-order chi connectivity index (χ0) is 12.8. The molecule has 0 radical (unpaired) electrons. The fraction of sp³-hybridized carbons (Fsp3) is 0.538. The molecule has 2 nitrogen and oxygen atoms in total. The summed E-state index contributed by atoms with van der Waals surface area (Å²) in [4.78, 5) is 0. The van der Waals surface area contributed by atoms with Gasteiger partial charge in [-0.1, -0.05) is 13.8 Å². The van der Waals surface area contributed by atoms with Gasteiger partial charge in [0.25, 0.3) is 0 Å². The molecule has 4 heteroatoms. The summed E-state index contributed by atoms with van der Waals surface area (Å²) in [6.45, 7) is 6.47. The van der Waals surface area contributed by atoms with Gasteiger partial charge in [-0.15, -0.1) is 0 Å². The number of hydrogen-bond donors (Lipinski definition) is 0. The van der Waals surface area contributed by atoms with Crippen LogP contribution in [0.25, 0.3) is 0 Å². The van der Waals surface area contributed by atoms with Crippen LogP contribution < -0.4 is 9.47 Å². The minimum atomic E-state index is -0.992. The Bertz CT molecular complexity index is 365. The van der Waals surface area contributed by atoms with Crippen LogP contribution in [0.1, 0.15) is 27.2 Å². The highest BCUT2D eigenvalue weighted by Crippen LogP contribution is 2.27. The average molecular weight is 244 g/mol. The van der Waals surface area contributed by atoms with E-state index in [4.69, 9.17) is 9.47 Å². The van der Waals surface area contributed by atoms with Crippen LogP contribution in [-0.4, -0.2) is 13.2 Å². The van der Waals surface area contributed by atoms with Crippen LogP contribution in [0.15, 0.2) is 12.1 Å². The van der Waals surface area contributed by atoms with Gasteiger partial charge in [0.15, 0.2) is 11.5 Å². The maximum atomic E-state index is 13.5. The SMILES string of the molecule is CCOc1ccc(OCCC(C)C)c(F)c1F. The summed E-state index contributed by atoms with van der Waals surface area (Å²) in [6, 6.07) is 2.77. The van der Waals surface area contributed by atoms with Crippen LogP contribution >= 0.6 is 0 Å². The molecule has 0 aliphatic heterocycles. The first kappa shape index (κ1) is 13.7. The Morgan fingerprint density at radius 2 is 1.59 bits per heavy atom. The predicted molar refractivity (Wildman–Crippen MR) is 62.5 cm³/mol. The van der Waals surface area contributed by atoms with Crippen LogP contribution in [-0.2, 0) is 0 Å². The van der Waals surface area contributed by atoms with E-state index in [1.54, 1.807) is 6.92 Å². The molecular formula is C13H18F2O2. The molecule has 0 aliphatic carbocycles. The average Bonchev–Trinajstić information content (AvgIpc) is 2.28. The van der Waals surface area contributed by atoms with Gasteiger partial charge in [-0.3, -0.25) is 0 Å². The normalized spacial score (nSPS) is 10.7. The van der Waals surface area contributed by atoms with Crippen molar-refractivity contribution in [2.24, 2.45) is 5.92 Å². The van der Waals surface area contributed by atoms with Crippen LogP contribution in [0.2, 0.25) is 0 Å². The molecule has 0 fully saturated rings. The first-order valence-corrected chi connectivity index (χ1v) is 5.79. The predicted octanol–water partition coefficient (Wildman–Crippen LogP) is 3.79. The van der Waals surface area contributed by atoms with Crippen LogP contribution in [0.3, 0.4) is 0 Å². The fourth-order valence-electron chi connectivity index (χ4n) is 1.30.